The monoisotopic (exact) mass is 238 g/mol. The van der Waals surface area contributed by atoms with Gasteiger partial charge in [-0.25, -0.2) is 4.39 Å². The number of aliphatic hydroxyl groups is 1. The van der Waals surface area contributed by atoms with Crippen LogP contribution in [0.5, 0.6) is 0 Å². The number of anilines is 1. The summed E-state index contributed by atoms with van der Waals surface area (Å²) in [5.74, 6) is -0.758. The highest BCUT2D eigenvalue weighted by Gasteiger charge is 2.28. The highest BCUT2D eigenvalue weighted by atomic mass is 19.1. The van der Waals surface area contributed by atoms with Gasteiger partial charge in [0.1, 0.15) is 5.82 Å². The van der Waals surface area contributed by atoms with Crippen LogP contribution in [0.1, 0.15) is 12.0 Å². The number of hydrogen-bond acceptors (Lipinski definition) is 3. The van der Waals surface area contributed by atoms with Gasteiger partial charge >= 0.3 is 0 Å². The molecule has 0 radical (unpaired) electrons. The normalized spacial score (nSPS) is 23.7. The molecule has 1 heterocycles. The lowest BCUT2D eigenvalue weighted by Gasteiger charge is -2.13. The number of amides is 1. The zero-order chi connectivity index (χ0) is 12.4. The molecule has 0 saturated carbocycles. The van der Waals surface area contributed by atoms with Crippen LogP contribution >= 0.6 is 0 Å². The van der Waals surface area contributed by atoms with E-state index in [0.29, 0.717) is 18.5 Å². The molecule has 1 aliphatic heterocycles. The molecule has 17 heavy (non-hydrogen) atoms. The Bertz CT molecular complexity index is 416. The van der Waals surface area contributed by atoms with Crippen LogP contribution < -0.4 is 10.6 Å². The molecule has 2 rings (SSSR count). The minimum Gasteiger partial charge on any atom is -0.392 e. The van der Waals surface area contributed by atoms with Gasteiger partial charge in [0, 0.05) is 6.54 Å². The number of benzene rings is 1. The average Bonchev–Trinajstić information content (AvgIpc) is 2.70. The lowest BCUT2D eigenvalue weighted by atomic mass is 10.1. The minimum absolute atomic E-state index is 0.209. The van der Waals surface area contributed by atoms with Gasteiger partial charge in [0.2, 0.25) is 5.91 Å². The van der Waals surface area contributed by atoms with Crippen LogP contribution in [0.2, 0.25) is 0 Å². The number of nitrogens with one attached hydrogen (secondary N) is 2. The molecule has 4 nitrogen and oxygen atoms in total. The molecule has 0 aliphatic carbocycles. The Balaban J connectivity index is 2.08. The molecule has 0 aromatic heterocycles. The Hall–Kier alpha value is -1.46. The van der Waals surface area contributed by atoms with Crippen molar-refractivity contribution in [3.63, 3.8) is 0 Å². The van der Waals surface area contributed by atoms with Crippen molar-refractivity contribution in [3.05, 3.63) is 29.6 Å². The van der Waals surface area contributed by atoms with Crippen LogP contribution in [0.4, 0.5) is 10.1 Å². The highest BCUT2D eigenvalue weighted by Crippen LogP contribution is 2.19. The molecule has 1 amide bonds. The third kappa shape index (κ3) is 2.62. The molecule has 2 atom stereocenters. The van der Waals surface area contributed by atoms with E-state index in [0.717, 1.165) is 0 Å². The number of aryl methyl sites for hydroxylation is 1. The van der Waals surface area contributed by atoms with Crippen LogP contribution in [0.3, 0.4) is 0 Å². The van der Waals surface area contributed by atoms with Crippen molar-refractivity contribution in [2.24, 2.45) is 0 Å². The van der Waals surface area contributed by atoms with E-state index in [1.165, 1.54) is 6.07 Å². The summed E-state index contributed by atoms with van der Waals surface area (Å²) in [6.45, 7) is 2.13. The van der Waals surface area contributed by atoms with E-state index in [-0.39, 0.29) is 11.6 Å². The van der Waals surface area contributed by atoms with Crippen LogP contribution in [0.25, 0.3) is 0 Å². The van der Waals surface area contributed by atoms with Crippen molar-refractivity contribution < 1.29 is 14.3 Å². The van der Waals surface area contributed by atoms with E-state index in [1.54, 1.807) is 19.1 Å². The summed E-state index contributed by atoms with van der Waals surface area (Å²) < 4.78 is 13.5. The number of carbonyl (C=O) groups is 1. The van der Waals surface area contributed by atoms with Crippen molar-refractivity contribution in [1.29, 1.82) is 0 Å². The van der Waals surface area contributed by atoms with E-state index in [9.17, 15) is 14.3 Å². The maximum atomic E-state index is 13.5. The Morgan fingerprint density at radius 1 is 1.59 bits per heavy atom. The van der Waals surface area contributed by atoms with Crippen LogP contribution in [0.15, 0.2) is 18.2 Å². The average molecular weight is 238 g/mol. The van der Waals surface area contributed by atoms with Crippen molar-refractivity contribution in [1.82, 2.24) is 5.32 Å². The van der Waals surface area contributed by atoms with Gasteiger partial charge in [-0.15, -0.1) is 0 Å². The molecule has 0 bridgehead atoms. The summed E-state index contributed by atoms with van der Waals surface area (Å²) in [5, 5.41) is 14.7. The van der Waals surface area contributed by atoms with Gasteiger partial charge in [-0.2, -0.15) is 0 Å². The fraction of sp³-hybridized carbons (Fsp3) is 0.417. The molecule has 0 spiro atoms. The lowest BCUT2D eigenvalue weighted by molar-refractivity contribution is -0.118. The smallest absolute Gasteiger partial charge is 0.241 e. The molecule has 1 saturated heterocycles. The van der Waals surface area contributed by atoms with Crippen molar-refractivity contribution in [2.75, 3.05) is 11.9 Å². The second-order valence-corrected chi connectivity index (χ2v) is 4.27. The molecule has 1 aromatic rings. The predicted molar refractivity (Wildman–Crippen MR) is 62.2 cm³/mol. The molecular formula is C12H15FN2O2. The molecule has 3 N–H and O–H groups in total. The van der Waals surface area contributed by atoms with E-state index < -0.39 is 18.0 Å². The van der Waals surface area contributed by atoms with Gasteiger partial charge in [-0.1, -0.05) is 12.1 Å². The minimum atomic E-state index is -0.507. The molecule has 1 aromatic carbocycles. The summed E-state index contributed by atoms with van der Waals surface area (Å²) in [5.41, 5.74) is 0.887. The number of para-hydroxylation sites is 1. The van der Waals surface area contributed by atoms with Gasteiger partial charge in [0.15, 0.2) is 0 Å². The fourth-order valence-corrected chi connectivity index (χ4v) is 1.92. The van der Waals surface area contributed by atoms with Gasteiger partial charge in [-0.3, -0.25) is 4.79 Å². The zero-order valence-electron chi connectivity index (χ0n) is 9.53. The molecule has 5 heteroatoms. The summed E-state index contributed by atoms with van der Waals surface area (Å²) in [4.78, 5) is 11.8. The number of rotatable bonds is 2. The first-order chi connectivity index (χ1) is 8.08. The number of hydrogen-bond donors (Lipinski definition) is 3. The Morgan fingerprint density at radius 3 is 2.94 bits per heavy atom. The first kappa shape index (κ1) is 12.0. The summed E-state index contributed by atoms with van der Waals surface area (Å²) in [6.07, 6.45) is -0.147. The summed E-state index contributed by atoms with van der Waals surface area (Å²) in [7, 11) is 0. The topological polar surface area (TPSA) is 61.4 Å². The zero-order valence-corrected chi connectivity index (χ0v) is 9.53. The Morgan fingerprint density at radius 2 is 2.35 bits per heavy atom. The van der Waals surface area contributed by atoms with Gasteiger partial charge < -0.3 is 15.7 Å². The number of β-amino-alcohol motifs (C(OH)–C–C–N with tert-alkyl or cyclic N) is 1. The van der Waals surface area contributed by atoms with Gasteiger partial charge in [0.05, 0.1) is 17.8 Å². The second-order valence-electron chi connectivity index (χ2n) is 4.27. The number of halogens is 1. The summed E-state index contributed by atoms with van der Waals surface area (Å²) in [6, 6.07) is 4.18. The van der Waals surface area contributed by atoms with Gasteiger partial charge in [0.25, 0.3) is 0 Å². The molecular weight excluding hydrogens is 223 g/mol. The highest BCUT2D eigenvalue weighted by molar-refractivity contribution is 5.95. The predicted octanol–water partition coefficient (Wildman–Crippen LogP) is 0.795. The van der Waals surface area contributed by atoms with Crippen LogP contribution in [-0.4, -0.2) is 29.7 Å². The fourth-order valence-electron chi connectivity index (χ4n) is 1.92. The Kier molecular flexibility index (Phi) is 3.40. The number of aliphatic hydroxyl groups excluding tert-OH is 1. The molecule has 1 aliphatic rings. The largest absolute Gasteiger partial charge is 0.392 e. The van der Waals surface area contributed by atoms with E-state index in [4.69, 9.17) is 0 Å². The Labute approximate surface area is 98.8 Å². The van der Waals surface area contributed by atoms with Crippen LogP contribution in [0, 0.1) is 12.7 Å². The summed E-state index contributed by atoms with van der Waals surface area (Å²) >= 11 is 0. The second kappa shape index (κ2) is 4.81. The van der Waals surface area contributed by atoms with Gasteiger partial charge in [-0.05, 0) is 25.0 Å². The maximum absolute atomic E-state index is 13.5. The van der Waals surface area contributed by atoms with E-state index in [1.807, 2.05) is 0 Å². The standard InChI is InChI=1S/C12H15FN2O2/c1-7-3-2-4-9(13)11(7)15-12(17)10-5-8(16)6-14-10/h2-4,8,10,14,16H,5-6H2,1H3,(H,15,17). The van der Waals surface area contributed by atoms with Crippen molar-refractivity contribution in [2.45, 2.75) is 25.5 Å². The first-order valence-electron chi connectivity index (χ1n) is 5.55. The molecule has 2 unspecified atom stereocenters. The molecule has 92 valence electrons. The van der Waals surface area contributed by atoms with E-state index in [2.05, 4.69) is 10.6 Å². The lowest BCUT2D eigenvalue weighted by Crippen LogP contribution is -2.35. The quantitative estimate of drug-likeness (QED) is 0.714. The third-order valence-electron chi connectivity index (χ3n) is 2.89. The SMILES string of the molecule is Cc1cccc(F)c1NC(=O)C1CC(O)CN1. The number of carbonyl (C=O) groups excluding carboxylic acids is 1. The maximum Gasteiger partial charge on any atom is 0.241 e. The van der Waals surface area contributed by atoms with Crippen LogP contribution in [-0.2, 0) is 4.79 Å². The van der Waals surface area contributed by atoms with E-state index >= 15 is 0 Å². The van der Waals surface area contributed by atoms with Crippen molar-refractivity contribution >= 4 is 11.6 Å². The molecule has 1 fully saturated rings. The first-order valence-corrected chi connectivity index (χ1v) is 5.55. The third-order valence-corrected chi connectivity index (χ3v) is 2.89. The van der Waals surface area contributed by atoms with Crippen molar-refractivity contribution in [3.8, 4) is 0 Å².